The molecule has 1 heterocycles. The minimum absolute atomic E-state index is 0.314. The largest absolute Gasteiger partial charge is 0.464 e. The third-order valence-corrected chi connectivity index (χ3v) is 3.14. The van der Waals surface area contributed by atoms with Crippen molar-refractivity contribution in [3.05, 3.63) is 36.1 Å². The standard InChI is InChI=1S/C15H21NO2/c17-10-6-2-1-5-9-16-11-13-12-18-15-8-4-3-7-14(13)15/h3-4,7-8,12,16-17H,1-2,5-6,9-11H2. The maximum atomic E-state index is 8.67. The summed E-state index contributed by atoms with van der Waals surface area (Å²) >= 11 is 0. The van der Waals surface area contributed by atoms with Gasteiger partial charge >= 0.3 is 0 Å². The smallest absolute Gasteiger partial charge is 0.134 e. The Balaban J connectivity index is 1.70. The molecule has 18 heavy (non-hydrogen) atoms. The van der Waals surface area contributed by atoms with Crippen LogP contribution < -0.4 is 5.32 Å². The molecule has 0 spiro atoms. The van der Waals surface area contributed by atoms with Crippen molar-refractivity contribution in [2.45, 2.75) is 32.2 Å². The molecule has 0 atom stereocenters. The molecule has 0 saturated carbocycles. The van der Waals surface area contributed by atoms with Crippen LogP contribution >= 0.6 is 0 Å². The first-order valence-corrected chi connectivity index (χ1v) is 6.68. The molecule has 0 radical (unpaired) electrons. The molecule has 2 N–H and O–H groups in total. The Morgan fingerprint density at radius 2 is 1.89 bits per heavy atom. The van der Waals surface area contributed by atoms with Crippen LogP contribution in [-0.4, -0.2) is 18.3 Å². The van der Waals surface area contributed by atoms with Crippen LogP contribution in [-0.2, 0) is 6.54 Å². The summed E-state index contributed by atoms with van der Waals surface area (Å²) in [6.07, 6.45) is 6.22. The highest BCUT2D eigenvalue weighted by atomic mass is 16.3. The fourth-order valence-electron chi connectivity index (χ4n) is 2.11. The summed E-state index contributed by atoms with van der Waals surface area (Å²) in [7, 11) is 0. The van der Waals surface area contributed by atoms with Gasteiger partial charge in [-0.2, -0.15) is 0 Å². The molecular weight excluding hydrogens is 226 g/mol. The molecule has 3 heteroatoms. The van der Waals surface area contributed by atoms with E-state index in [0.29, 0.717) is 6.61 Å². The van der Waals surface area contributed by atoms with Gasteiger partial charge in [0.1, 0.15) is 5.58 Å². The van der Waals surface area contributed by atoms with Gasteiger partial charge in [0.25, 0.3) is 0 Å². The van der Waals surface area contributed by atoms with Crippen LogP contribution in [0.2, 0.25) is 0 Å². The molecule has 1 aromatic heterocycles. The van der Waals surface area contributed by atoms with Crippen molar-refractivity contribution < 1.29 is 9.52 Å². The summed E-state index contributed by atoms with van der Waals surface area (Å²) in [5.74, 6) is 0. The van der Waals surface area contributed by atoms with Crippen molar-refractivity contribution in [3.63, 3.8) is 0 Å². The van der Waals surface area contributed by atoms with Crippen LogP contribution in [0.3, 0.4) is 0 Å². The van der Waals surface area contributed by atoms with Gasteiger partial charge < -0.3 is 14.8 Å². The molecule has 0 saturated heterocycles. The van der Waals surface area contributed by atoms with Crippen LogP contribution in [0.4, 0.5) is 0 Å². The van der Waals surface area contributed by atoms with E-state index in [4.69, 9.17) is 9.52 Å². The van der Waals surface area contributed by atoms with Crippen LogP contribution in [0.25, 0.3) is 11.0 Å². The molecule has 0 fully saturated rings. The highest BCUT2D eigenvalue weighted by Gasteiger charge is 2.03. The molecule has 0 unspecified atom stereocenters. The molecule has 98 valence electrons. The first-order valence-electron chi connectivity index (χ1n) is 6.68. The van der Waals surface area contributed by atoms with Gasteiger partial charge in [0, 0.05) is 24.1 Å². The van der Waals surface area contributed by atoms with E-state index in [-0.39, 0.29) is 0 Å². The fourth-order valence-corrected chi connectivity index (χ4v) is 2.11. The number of aliphatic hydroxyl groups excluding tert-OH is 1. The number of rotatable bonds is 8. The second kappa shape index (κ2) is 7.19. The van der Waals surface area contributed by atoms with Gasteiger partial charge in [-0.05, 0) is 25.5 Å². The molecule has 1 aromatic carbocycles. The Hall–Kier alpha value is -1.32. The van der Waals surface area contributed by atoms with Crippen molar-refractivity contribution >= 4 is 11.0 Å². The highest BCUT2D eigenvalue weighted by molar-refractivity contribution is 5.80. The Morgan fingerprint density at radius 3 is 2.78 bits per heavy atom. The van der Waals surface area contributed by atoms with Crippen LogP contribution in [0.5, 0.6) is 0 Å². The molecule has 3 nitrogen and oxygen atoms in total. The van der Waals surface area contributed by atoms with Gasteiger partial charge in [0.15, 0.2) is 0 Å². The average molecular weight is 247 g/mol. The minimum Gasteiger partial charge on any atom is -0.464 e. The number of para-hydroxylation sites is 1. The lowest BCUT2D eigenvalue weighted by atomic mass is 10.1. The molecular formula is C15H21NO2. The van der Waals surface area contributed by atoms with E-state index in [2.05, 4.69) is 11.4 Å². The molecule has 0 aliphatic carbocycles. The maximum absolute atomic E-state index is 8.67. The minimum atomic E-state index is 0.314. The van der Waals surface area contributed by atoms with Gasteiger partial charge in [0.05, 0.1) is 6.26 Å². The van der Waals surface area contributed by atoms with Crippen LogP contribution in [0.1, 0.15) is 31.2 Å². The van der Waals surface area contributed by atoms with Gasteiger partial charge in [-0.15, -0.1) is 0 Å². The summed E-state index contributed by atoms with van der Waals surface area (Å²) in [5, 5.41) is 13.3. The van der Waals surface area contributed by atoms with E-state index < -0.39 is 0 Å². The van der Waals surface area contributed by atoms with Gasteiger partial charge in [-0.1, -0.05) is 31.0 Å². The van der Waals surface area contributed by atoms with Crippen molar-refractivity contribution in [1.29, 1.82) is 0 Å². The third kappa shape index (κ3) is 3.59. The number of aliphatic hydroxyl groups is 1. The second-order valence-electron chi connectivity index (χ2n) is 4.57. The molecule has 2 aromatic rings. The van der Waals surface area contributed by atoms with Crippen LogP contribution in [0.15, 0.2) is 34.9 Å². The van der Waals surface area contributed by atoms with E-state index in [9.17, 15) is 0 Å². The van der Waals surface area contributed by atoms with Crippen molar-refractivity contribution in [2.24, 2.45) is 0 Å². The third-order valence-electron chi connectivity index (χ3n) is 3.14. The SMILES string of the molecule is OCCCCCCNCc1coc2ccccc12. The summed E-state index contributed by atoms with van der Waals surface area (Å²) in [6, 6.07) is 8.12. The first-order chi connectivity index (χ1) is 8.92. The Kier molecular flexibility index (Phi) is 5.24. The number of hydrogen-bond acceptors (Lipinski definition) is 3. The van der Waals surface area contributed by atoms with Gasteiger partial charge in [-0.25, -0.2) is 0 Å². The van der Waals surface area contributed by atoms with E-state index in [1.807, 2.05) is 24.5 Å². The van der Waals surface area contributed by atoms with E-state index in [1.165, 1.54) is 17.4 Å². The van der Waals surface area contributed by atoms with Crippen molar-refractivity contribution in [3.8, 4) is 0 Å². The topological polar surface area (TPSA) is 45.4 Å². The lowest BCUT2D eigenvalue weighted by Crippen LogP contribution is -2.14. The summed E-state index contributed by atoms with van der Waals surface area (Å²) in [5.41, 5.74) is 2.18. The van der Waals surface area contributed by atoms with Gasteiger partial charge in [-0.3, -0.25) is 0 Å². The molecule has 0 aliphatic rings. The zero-order chi connectivity index (χ0) is 12.6. The fraction of sp³-hybridized carbons (Fsp3) is 0.467. The van der Waals surface area contributed by atoms with E-state index >= 15 is 0 Å². The average Bonchev–Trinajstić information content (AvgIpc) is 2.81. The first kappa shape index (κ1) is 13.1. The molecule has 0 aliphatic heterocycles. The number of furan rings is 1. The maximum Gasteiger partial charge on any atom is 0.134 e. The van der Waals surface area contributed by atoms with Gasteiger partial charge in [0.2, 0.25) is 0 Å². The summed E-state index contributed by atoms with van der Waals surface area (Å²) in [6.45, 7) is 2.19. The predicted octanol–water partition coefficient (Wildman–Crippen LogP) is 3.08. The zero-order valence-corrected chi connectivity index (χ0v) is 10.7. The van der Waals surface area contributed by atoms with E-state index in [0.717, 1.165) is 37.9 Å². The monoisotopic (exact) mass is 247 g/mol. The predicted molar refractivity (Wildman–Crippen MR) is 73.5 cm³/mol. The Labute approximate surface area is 108 Å². The Bertz CT molecular complexity index is 464. The summed E-state index contributed by atoms with van der Waals surface area (Å²) in [4.78, 5) is 0. The molecule has 0 amide bonds. The normalized spacial score (nSPS) is 11.2. The van der Waals surface area contributed by atoms with Crippen molar-refractivity contribution in [1.82, 2.24) is 5.32 Å². The Morgan fingerprint density at radius 1 is 1.06 bits per heavy atom. The summed E-state index contributed by atoms with van der Waals surface area (Å²) < 4.78 is 5.49. The van der Waals surface area contributed by atoms with Crippen molar-refractivity contribution in [2.75, 3.05) is 13.2 Å². The second-order valence-corrected chi connectivity index (χ2v) is 4.57. The molecule has 2 rings (SSSR count). The lowest BCUT2D eigenvalue weighted by molar-refractivity contribution is 0.282. The quantitative estimate of drug-likeness (QED) is 0.705. The van der Waals surface area contributed by atoms with E-state index in [1.54, 1.807) is 0 Å². The lowest BCUT2D eigenvalue weighted by Gasteiger charge is -2.03. The number of fused-ring (bicyclic) bond motifs is 1. The highest BCUT2D eigenvalue weighted by Crippen LogP contribution is 2.20. The van der Waals surface area contributed by atoms with Crippen LogP contribution in [0, 0.1) is 0 Å². The zero-order valence-electron chi connectivity index (χ0n) is 10.7. The number of nitrogens with one attached hydrogen (secondary N) is 1. The number of hydrogen-bond donors (Lipinski definition) is 2. The number of benzene rings is 1. The number of unbranched alkanes of at least 4 members (excludes halogenated alkanes) is 3. The molecule has 0 bridgehead atoms.